The molecule has 0 saturated carbocycles. The van der Waals surface area contributed by atoms with Gasteiger partial charge in [0, 0.05) is 24.3 Å². The summed E-state index contributed by atoms with van der Waals surface area (Å²) in [7, 11) is 0. The molecular weight excluding hydrogens is 192 g/mol. The van der Waals surface area contributed by atoms with Crippen LogP contribution >= 0.6 is 0 Å². The fourth-order valence-electron chi connectivity index (χ4n) is 1.93. The Balaban J connectivity index is 3.04. The minimum atomic E-state index is -0.130. The van der Waals surface area contributed by atoms with E-state index in [2.05, 4.69) is 20.8 Å². The summed E-state index contributed by atoms with van der Waals surface area (Å²) < 4.78 is 0. The minimum absolute atomic E-state index is 0.00854. The summed E-state index contributed by atoms with van der Waals surface area (Å²) in [5.74, 6) is 5.98. The Morgan fingerprint density at radius 2 is 1.93 bits per heavy atom. The van der Waals surface area contributed by atoms with Crippen LogP contribution in [0.3, 0.4) is 0 Å². The first kappa shape index (κ1) is 12.3. The second-order valence-corrected chi connectivity index (χ2v) is 4.91. The Labute approximate surface area is 91.3 Å². The van der Waals surface area contributed by atoms with Crippen LogP contribution in [0.4, 0.5) is 0 Å². The van der Waals surface area contributed by atoms with E-state index in [9.17, 15) is 0 Å². The average Bonchev–Trinajstić information content (AvgIpc) is 2.30. The van der Waals surface area contributed by atoms with E-state index in [0.717, 1.165) is 11.4 Å². The lowest BCUT2D eigenvalue weighted by atomic mass is 10.1. The predicted octanol–water partition coefficient (Wildman–Crippen LogP) is 0.132. The van der Waals surface area contributed by atoms with Gasteiger partial charge in [-0.15, -0.1) is 5.12 Å². The van der Waals surface area contributed by atoms with Gasteiger partial charge in [0.15, 0.2) is 0 Å². The van der Waals surface area contributed by atoms with Gasteiger partial charge in [-0.3, -0.25) is 5.01 Å². The maximum absolute atomic E-state index is 9.02. The van der Waals surface area contributed by atoms with Crippen LogP contribution in [0.25, 0.3) is 0 Å². The van der Waals surface area contributed by atoms with E-state index in [1.54, 1.807) is 5.12 Å². The van der Waals surface area contributed by atoms with Crippen LogP contribution in [0.5, 0.6) is 0 Å². The first-order chi connectivity index (χ1) is 6.80. The quantitative estimate of drug-likeness (QED) is 0.570. The van der Waals surface area contributed by atoms with E-state index in [-0.39, 0.29) is 18.2 Å². The second kappa shape index (κ2) is 4.00. The Kier molecular flexibility index (Phi) is 3.28. The van der Waals surface area contributed by atoms with Gasteiger partial charge < -0.3 is 10.8 Å². The lowest BCUT2D eigenvalue weighted by Crippen LogP contribution is -2.54. The van der Waals surface area contributed by atoms with E-state index in [1.807, 2.05) is 11.9 Å². The molecule has 0 saturated heterocycles. The normalized spacial score (nSPS) is 24.1. The van der Waals surface area contributed by atoms with Gasteiger partial charge in [0.1, 0.15) is 0 Å². The molecule has 5 heteroatoms. The van der Waals surface area contributed by atoms with Crippen LogP contribution in [0, 0.1) is 0 Å². The topological polar surface area (TPSA) is 78.8 Å². The number of nitrogens with two attached hydrogens (primary N) is 2. The van der Waals surface area contributed by atoms with E-state index < -0.39 is 0 Å². The van der Waals surface area contributed by atoms with Gasteiger partial charge in [0.05, 0.1) is 11.7 Å². The molecule has 0 aromatic carbocycles. The first-order valence-electron chi connectivity index (χ1n) is 5.24. The fourth-order valence-corrected chi connectivity index (χ4v) is 1.93. The van der Waals surface area contributed by atoms with Crippen molar-refractivity contribution in [3.8, 4) is 0 Å². The molecule has 0 aliphatic carbocycles. The van der Waals surface area contributed by atoms with Crippen molar-refractivity contribution in [2.45, 2.75) is 45.7 Å². The maximum Gasteiger partial charge on any atom is 0.0832 e. The van der Waals surface area contributed by atoms with Gasteiger partial charge in [-0.1, -0.05) is 0 Å². The predicted molar refractivity (Wildman–Crippen MR) is 60.0 cm³/mol. The Hall–Kier alpha value is -0.780. The van der Waals surface area contributed by atoms with Crippen molar-refractivity contribution in [2.24, 2.45) is 11.6 Å². The monoisotopic (exact) mass is 214 g/mol. The molecule has 15 heavy (non-hydrogen) atoms. The lowest BCUT2D eigenvalue weighted by molar-refractivity contribution is -0.0608. The molecule has 1 heterocycles. The molecule has 1 aliphatic heterocycles. The van der Waals surface area contributed by atoms with Gasteiger partial charge in [-0.2, -0.15) is 0 Å². The number of nitrogens with zero attached hydrogens (tertiary/aromatic N) is 2. The number of aliphatic hydroxyl groups is 1. The summed E-state index contributed by atoms with van der Waals surface area (Å²) in [6.07, 6.45) is 0.543. The molecule has 0 aromatic heterocycles. The maximum atomic E-state index is 9.02. The minimum Gasteiger partial charge on any atom is -0.399 e. The van der Waals surface area contributed by atoms with Crippen molar-refractivity contribution >= 4 is 0 Å². The van der Waals surface area contributed by atoms with E-state index >= 15 is 0 Å². The molecule has 1 unspecified atom stereocenters. The summed E-state index contributed by atoms with van der Waals surface area (Å²) in [5.41, 5.74) is 7.54. The zero-order chi connectivity index (χ0) is 11.8. The highest BCUT2D eigenvalue weighted by atomic mass is 16.3. The highest BCUT2D eigenvalue weighted by Crippen LogP contribution is 2.32. The van der Waals surface area contributed by atoms with Gasteiger partial charge in [0.25, 0.3) is 0 Å². The Bertz CT molecular complexity index is 269. The van der Waals surface area contributed by atoms with Crippen LogP contribution in [-0.2, 0) is 0 Å². The van der Waals surface area contributed by atoms with E-state index in [1.165, 1.54) is 0 Å². The molecule has 0 radical (unpaired) electrons. The van der Waals surface area contributed by atoms with Gasteiger partial charge >= 0.3 is 0 Å². The highest BCUT2D eigenvalue weighted by Gasteiger charge is 2.38. The molecule has 0 aromatic rings. The van der Waals surface area contributed by atoms with Gasteiger partial charge in [-0.25, -0.2) is 5.84 Å². The molecule has 0 fully saturated rings. The van der Waals surface area contributed by atoms with Crippen molar-refractivity contribution in [1.82, 2.24) is 10.1 Å². The number of hydrogen-bond donors (Lipinski definition) is 3. The third-order valence-corrected chi connectivity index (χ3v) is 2.65. The molecule has 5 nitrogen and oxygen atoms in total. The van der Waals surface area contributed by atoms with Crippen molar-refractivity contribution in [3.05, 3.63) is 11.4 Å². The SMILES string of the molecule is CC1C(N)=C(CCO)N(C(C)(C)C)N1N. The first-order valence-corrected chi connectivity index (χ1v) is 5.24. The molecule has 1 rings (SSSR count). The molecule has 0 amide bonds. The van der Waals surface area contributed by atoms with Crippen LogP contribution < -0.4 is 11.6 Å². The van der Waals surface area contributed by atoms with Crippen molar-refractivity contribution in [1.29, 1.82) is 0 Å². The number of hydrazine groups is 2. The number of aliphatic hydroxyl groups excluding tert-OH is 1. The zero-order valence-electron chi connectivity index (χ0n) is 9.99. The van der Waals surface area contributed by atoms with Crippen LogP contribution in [-0.4, -0.2) is 33.4 Å². The number of hydrogen-bond acceptors (Lipinski definition) is 5. The number of rotatable bonds is 2. The second-order valence-electron chi connectivity index (χ2n) is 4.91. The smallest absolute Gasteiger partial charge is 0.0832 e. The third-order valence-electron chi connectivity index (χ3n) is 2.65. The van der Waals surface area contributed by atoms with Crippen LogP contribution in [0.15, 0.2) is 11.4 Å². The zero-order valence-corrected chi connectivity index (χ0v) is 9.99. The summed E-state index contributed by atoms with van der Waals surface area (Å²) in [6.45, 7) is 8.24. The van der Waals surface area contributed by atoms with Crippen molar-refractivity contribution < 1.29 is 5.11 Å². The molecular formula is C10H22N4O. The van der Waals surface area contributed by atoms with Crippen molar-refractivity contribution in [2.75, 3.05) is 6.61 Å². The molecule has 0 spiro atoms. The Morgan fingerprint density at radius 3 is 2.33 bits per heavy atom. The van der Waals surface area contributed by atoms with E-state index in [0.29, 0.717) is 6.42 Å². The summed E-state index contributed by atoms with van der Waals surface area (Å²) in [6, 6.07) is -0.00854. The average molecular weight is 214 g/mol. The largest absolute Gasteiger partial charge is 0.399 e. The van der Waals surface area contributed by atoms with Crippen molar-refractivity contribution in [3.63, 3.8) is 0 Å². The molecule has 88 valence electrons. The molecule has 1 atom stereocenters. The van der Waals surface area contributed by atoms with Crippen LogP contribution in [0.1, 0.15) is 34.1 Å². The standard InChI is InChI=1S/C10H22N4O/c1-7-9(11)8(5-6-15)13(14(7)12)10(2,3)4/h7,15H,5-6,11-12H2,1-4H3. The van der Waals surface area contributed by atoms with Gasteiger partial charge in [-0.05, 0) is 27.7 Å². The third kappa shape index (κ3) is 2.09. The fraction of sp³-hybridized carbons (Fsp3) is 0.800. The highest BCUT2D eigenvalue weighted by molar-refractivity contribution is 5.21. The molecule has 0 bridgehead atoms. The molecule has 5 N–H and O–H groups in total. The Morgan fingerprint density at radius 1 is 1.40 bits per heavy atom. The van der Waals surface area contributed by atoms with E-state index in [4.69, 9.17) is 16.7 Å². The lowest BCUT2D eigenvalue weighted by Gasteiger charge is -2.41. The summed E-state index contributed by atoms with van der Waals surface area (Å²) in [5, 5.41) is 12.6. The van der Waals surface area contributed by atoms with Gasteiger partial charge in [0.2, 0.25) is 0 Å². The molecule has 1 aliphatic rings. The summed E-state index contributed by atoms with van der Waals surface area (Å²) in [4.78, 5) is 0. The van der Waals surface area contributed by atoms with Crippen LogP contribution in [0.2, 0.25) is 0 Å². The summed E-state index contributed by atoms with van der Waals surface area (Å²) >= 11 is 0.